The van der Waals surface area contributed by atoms with Gasteiger partial charge in [-0.1, -0.05) is 36.4 Å². The van der Waals surface area contributed by atoms with E-state index in [0.717, 1.165) is 12.8 Å². The number of hydrogen-bond donors (Lipinski definition) is 0. The van der Waals surface area contributed by atoms with Gasteiger partial charge in [0.15, 0.2) is 0 Å². The van der Waals surface area contributed by atoms with Gasteiger partial charge >= 0.3 is 5.97 Å². The monoisotopic (exact) mass is 280 g/mol. The second-order valence-corrected chi connectivity index (χ2v) is 5.73. The molecule has 3 rings (SSSR count). The fourth-order valence-corrected chi connectivity index (χ4v) is 3.23. The number of hydrogen-bond acceptors (Lipinski definition) is 2. The lowest BCUT2D eigenvalue weighted by Gasteiger charge is -2.26. The van der Waals surface area contributed by atoms with E-state index in [9.17, 15) is 4.79 Å². The Morgan fingerprint density at radius 1 is 1.19 bits per heavy atom. The number of aryl methyl sites for hydroxylation is 1. The molecule has 108 valence electrons. The summed E-state index contributed by atoms with van der Waals surface area (Å²) in [6, 6.07) is 16.7. The van der Waals surface area contributed by atoms with Crippen molar-refractivity contribution < 1.29 is 9.53 Å². The second kappa shape index (κ2) is 6.13. The fraction of sp³-hybridized carbons (Fsp3) is 0.316. The Morgan fingerprint density at radius 3 is 2.76 bits per heavy atom. The van der Waals surface area contributed by atoms with Crippen molar-refractivity contribution in [3.63, 3.8) is 0 Å². The summed E-state index contributed by atoms with van der Waals surface area (Å²) >= 11 is 0. The molecule has 2 heteroatoms. The molecule has 0 bridgehead atoms. The molecule has 0 radical (unpaired) electrons. The van der Waals surface area contributed by atoms with Crippen LogP contribution >= 0.6 is 0 Å². The van der Waals surface area contributed by atoms with Crippen molar-refractivity contribution in [2.75, 3.05) is 0 Å². The quantitative estimate of drug-likeness (QED) is 0.620. The predicted molar refractivity (Wildman–Crippen MR) is 83.6 cm³/mol. The van der Waals surface area contributed by atoms with Crippen LogP contribution in [0.2, 0.25) is 0 Å². The molecule has 0 unspecified atom stereocenters. The third-order valence-electron chi connectivity index (χ3n) is 4.14. The highest BCUT2D eigenvalue weighted by Crippen LogP contribution is 2.35. The van der Waals surface area contributed by atoms with Gasteiger partial charge in [-0.3, -0.25) is 4.79 Å². The molecule has 0 amide bonds. The molecule has 1 aliphatic carbocycles. The van der Waals surface area contributed by atoms with Crippen LogP contribution in [0.4, 0.5) is 0 Å². The van der Waals surface area contributed by atoms with Crippen LogP contribution in [0.15, 0.2) is 48.5 Å². The third kappa shape index (κ3) is 3.33. The average Bonchev–Trinajstić information content (AvgIpc) is 2.48. The van der Waals surface area contributed by atoms with E-state index in [4.69, 9.17) is 4.74 Å². The molecule has 21 heavy (non-hydrogen) atoms. The van der Waals surface area contributed by atoms with Gasteiger partial charge in [-0.15, -0.1) is 0 Å². The van der Waals surface area contributed by atoms with Crippen LogP contribution in [0.25, 0.3) is 0 Å². The van der Waals surface area contributed by atoms with Gasteiger partial charge in [0.1, 0.15) is 5.75 Å². The Bertz CT molecular complexity index is 631. The van der Waals surface area contributed by atoms with E-state index in [1.165, 1.54) is 36.5 Å². The molecule has 0 saturated heterocycles. The minimum Gasteiger partial charge on any atom is -0.427 e. The van der Waals surface area contributed by atoms with Gasteiger partial charge in [0.25, 0.3) is 0 Å². The van der Waals surface area contributed by atoms with E-state index in [1.54, 1.807) is 0 Å². The molecule has 0 heterocycles. The molecule has 0 N–H and O–H groups in total. The van der Waals surface area contributed by atoms with Gasteiger partial charge in [-0.25, -0.2) is 0 Å². The van der Waals surface area contributed by atoms with E-state index >= 15 is 0 Å². The van der Waals surface area contributed by atoms with E-state index in [1.807, 2.05) is 12.1 Å². The topological polar surface area (TPSA) is 26.3 Å². The molecule has 2 nitrogen and oxygen atoms in total. The van der Waals surface area contributed by atoms with Crippen LogP contribution in [0.1, 0.15) is 42.4 Å². The largest absolute Gasteiger partial charge is 0.427 e. The molecule has 0 spiro atoms. The zero-order valence-electron chi connectivity index (χ0n) is 12.3. The first-order valence-electron chi connectivity index (χ1n) is 7.57. The zero-order valence-corrected chi connectivity index (χ0v) is 12.3. The Kier molecular flexibility index (Phi) is 4.05. The number of carbonyl (C=O) groups excluding carboxylic acids is 1. The van der Waals surface area contributed by atoms with Gasteiger partial charge < -0.3 is 4.74 Å². The van der Waals surface area contributed by atoms with Crippen LogP contribution in [0.5, 0.6) is 5.75 Å². The van der Waals surface area contributed by atoms with E-state index in [0.29, 0.717) is 11.7 Å². The molecule has 0 aromatic heterocycles. The van der Waals surface area contributed by atoms with Crippen molar-refractivity contribution in [3.8, 4) is 5.75 Å². The number of esters is 1. The first-order chi connectivity index (χ1) is 10.2. The summed E-state index contributed by atoms with van der Waals surface area (Å²) in [5.74, 6) is 0.982. The standard InChI is InChI=1S/C19H20O2/c1-14(20)21-18-10-11-19-16(8-5-9-17(19)13-18)12-15-6-3-2-4-7-15/h2-4,6-7,10-11,13,16H,5,8-9,12H2,1H3/t16-/m0/s1. The summed E-state index contributed by atoms with van der Waals surface area (Å²) in [6.07, 6.45) is 4.60. The highest BCUT2D eigenvalue weighted by molar-refractivity contribution is 5.69. The van der Waals surface area contributed by atoms with E-state index in [-0.39, 0.29) is 5.97 Å². The van der Waals surface area contributed by atoms with Crippen molar-refractivity contribution in [3.05, 3.63) is 65.2 Å². The second-order valence-electron chi connectivity index (χ2n) is 5.73. The Hall–Kier alpha value is -2.09. The summed E-state index contributed by atoms with van der Waals surface area (Å²) in [5, 5.41) is 0. The fourth-order valence-electron chi connectivity index (χ4n) is 3.23. The minimum absolute atomic E-state index is 0.258. The van der Waals surface area contributed by atoms with Gasteiger partial charge in [-0.2, -0.15) is 0 Å². The molecular weight excluding hydrogens is 260 g/mol. The number of fused-ring (bicyclic) bond motifs is 1. The smallest absolute Gasteiger partial charge is 0.308 e. The normalized spacial score (nSPS) is 17.1. The van der Waals surface area contributed by atoms with Gasteiger partial charge in [-0.05, 0) is 60.4 Å². The maximum absolute atomic E-state index is 11.1. The van der Waals surface area contributed by atoms with Crippen LogP contribution < -0.4 is 4.74 Å². The molecule has 1 aliphatic rings. The first kappa shape index (κ1) is 13.9. The molecule has 0 aliphatic heterocycles. The van der Waals surface area contributed by atoms with Crippen LogP contribution in [-0.2, 0) is 17.6 Å². The van der Waals surface area contributed by atoms with Crippen LogP contribution in [0, 0.1) is 0 Å². The number of rotatable bonds is 3. The SMILES string of the molecule is CC(=O)Oc1ccc2c(c1)CCC[C@H]2Cc1ccccc1. The summed E-state index contributed by atoms with van der Waals surface area (Å²) < 4.78 is 5.19. The molecule has 0 fully saturated rings. The van der Waals surface area contributed by atoms with Crippen molar-refractivity contribution >= 4 is 5.97 Å². The Balaban J connectivity index is 1.83. The summed E-state index contributed by atoms with van der Waals surface area (Å²) in [6.45, 7) is 1.44. The van der Waals surface area contributed by atoms with Crippen LogP contribution in [-0.4, -0.2) is 5.97 Å². The summed E-state index contributed by atoms with van der Waals surface area (Å²) in [4.78, 5) is 11.1. The highest BCUT2D eigenvalue weighted by Gasteiger charge is 2.21. The summed E-state index contributed by atoms with van der Waals surface area (Å²) in [7, 11) is 0. The number of ether oxygens (including phenoxy) is 1. The third-order valence-corrected chi connectivity index (χ3v) is 4.14. The molecular formula is C19H20O2. The predicted octanol–water partition coefficient (Wildman–Crippen LogP) is 4.27. The van der Waals surface area contributed by atoms with Gasteiger partial charge in [0, 0.05) is 6.92 Å². The molecule has 2 aromatic carbocycles. The lowest BCUT2D eigenvalue weighted by atomic mass is 9.79. The van der Waals surface area contributed by atoms with Gasteiger partial charge in [0.2, 0.25) is 0 Å². The minimum atomic E-state index is -0.258. The van der Waals surface area contributed by atoms with Crippen molar-refractivity contribution in [2.24, 2.45) is 0 Å². The molecule has 0 saturated carbocycles. The maximum Gasteiger partial charge on any atom is 0.308 e. The summed E-state index contributed by atoms with van der Waals surface area (Å²) in [5.41, 5.74) is 4.14. The number of carbonyl (C=O) groups is 1. The van der Waals surface area contributed by atoms with Crippen molar-refractivity contribution in [2.45, 2.75) is 38.5 Å². The van der Waals surface area contributed by atoms with E-state index < -0.39 is 0 Å². The van der Waals surface area contributed by atoms with Crippen LogP contribution in [0.3, 0.4) is 0 Å². The van der Waals surface area contributed by atoms with Crippen molar-refractivity contribution in [1.29, 1.82) is 0 Å². The Labute approximate surface area is 125 Å². The number of benzene rings is 2. The average molecular weight is 280 g/mol. The molecule has 2 aromatic rings. The Morgan fingerprint density at radius 2 is 2.00 bits per heavy atom. The highest BCUT2D eigenvalue weighted by atomic mass is 16.5. The van der Waals surface area contributed by atoms with Gasteiger partial charge in [0.05, 0.1) is 0 Å². The first-order valence-corrected chi connectivity index (χ1v) is 7.57. The lowest BCUT2D eigenvalue weighted by molar-refractivity contribution is -0.131. The zero-order chi connectivity index (χ0) is 14.7. The lowest BCUT2D eigenvalue weighted by Crippen LogP contribution is -2.13. The maximum atomic E-state index is 11.1. The molecule has 1 atom stereocenters. The van der Waals surface area contributed by atoms with E-state index in [2.05, 4.69) is 36.4 Å². The van der Waals surface area contributed by atoms with Crippen molar-refractivity contribution in [1.82, 2.24) is 0 Å².